The van der Waals surface area contributed by atoms with Crippen LogP contribution in [0.4, 0.5) is 4.39 Å². The lowest BCUT2D eigenvalue weighted by Gasteiger charge is -2.26. The molecule has 2 heterocycles. The first kappa shape index (κ1) is 14.9. The van der Waals surface area contributed by atoms with E-state index in [-0.39, 0.29) is 22.6 Å². The maximum absolute atomic E-state index is 13.6. The molecule has 3 rings (SSSR count). The molecule has 0 aliphatic carbocycles. The van der Waals surface area contributed by atoms with Gasteiger partial charge in [0, 0.05) is 18.8 Å². The molecule has 0 radical (unpaired) electrons. The number of pyridine rings is 1. The van der Waals surface area contributed by atoms with Crippen LogP contribution < -0.4 is 16.0 Å². The molecule has 5 nitrogen and oxygen atoms in total. The van der Waals surface area contributed by atoms with E-state index >= 15 is 0 Å². The molecule has 0 bridgehead atoms. The lowest BCUT2D eigenvalue weighted by atomic mass is 9.84. The summed E-state index contributed by atoms with van der Waals surface area (Å²) in [4.78, 5) is 12.7. The van der Waals surface area contributed by atoms with E-state index in [1.165, 1.54) is 22.8 Å². The van der Waals surface area contributed by atoms with Crippen molar-refractivity contribution in [2.45, 2.75) is 12.8 Å². The second-order valence-corrected chi connectivity index (χ2v) is 5.41. The lowest BCUT2D eigenvalue weighted by Crippen LogP contribution is -2.31. The average Bonchev–Trinajstić information content (AvgIpc) is 2.51. The fourth-order valence-electron chi connectivity index (χ4n) is 2.76. The van der Waals surface area contributed by atoms with E-state index in [1.54, 1.807) is 26.1 Å². The molecule has 0 saturated heterocycles. The number of ether oxygens (including phenoxy) is 1. The van der Waals surface area contributed by atoms with Crippen LogP contribution in [-0.4, -0.2) is 4.57 Å². The van der Waals surface area contributed by atoms with Crippen LogP contribution in [0, 0.1) is 24.1 Å². The third-order valence-corrected chi connectivity index (χ3v) is 4.03. The molecule has 0 fully saturated rings. The highest BCUT2D eigenvalue weighted by Gasteiger charge is 2.34. The normalized spacial score (nSPS) is 16.5. The molecule has 116 valence electrons. The number of nitrogens with zero attached hydrogens (tertiary/aromatic N) is 2. The van der Waals surface area contributed by atoms with Gasteiger partial charge < -0.3 is 15.0 Å². The summed E-state index contributed by atoms with van der Waals surface area (Å²) >= 11 is 0. The van der Waals surface area contributed by atoms with Crippen LogP contribution in [0.5, 0.6) is 5.75 Å². The molecule has 6 heteroatoms. The van der Waals surface area contributed by atoms with Gasteiger partial charge in [0.15, 0.2) is 0 Å². The Balaban J connectivity index is 2.36. The monoisotopic (exact) mass is 311 g/mol. The van der Waals surface area contributed by atoms with Gasteiger partial charge in [0.1, 0.15) is 23.2 Å². The van der Waals surface area contributed by atoms with Crippen molar-refractivity contribution in [2.24, 2.45) is 12.8 Å². The third-order valence-electron chi connectivity index (χ3n) is 4.03. The van der Waals surface area contributed by atoms with E-state index in [9.17, 15) is 14.4 Å². The second-order valence-electron chi connectivity index (χ2n) is 5.41. The van der Waals surface area contributed by atoms with Crippen LogP contribution in [0.3, 0.4) is 0 Å². The first-order valence-electron chi connectivity index (χ1n) is 6.97. The zero-order valence-electron chi connectivity index (χ0n) is 12.6. The highest BCUT2D eigenvalue weighted by atomic mass is 19.1. The van der Waals surface area contributed by atoms with Gasteiger partial charge in [-0.3, -0.25) is 4.79 Å². The van der Waals surface area contributed by atoms with Crippen LogP contribution in [-0.2, 0) is 7.05 Å². The van der Waals surface area contributed by atoms with Crippen LogP contribution in [0.1, 0.15) is 22.7 Å². The lowest BCUT2D eigenvalue weighted by molar-refractivity contribution is 0.389. The number of benzene rings is 1. The maximum Gasteiger partial charge on any atom is 0.258 e. The Kier molecular flexibility index (Phi) is 3.41. The standard InChI is InChI=1S/C17H14FN3O2/c1-9-6-13-15(17(22)21(9)2)14(12(8-19)16(20)23-13)10-4-3-5-11(18)7-10/h3-7,14H,20H2,1-2H3/t14-/m1/s1. The van der Waals surface area contributed by atoms with Crippen molar-refractivity contribution < 1.29 is 9.13 Å². The number of aryl methyl sites for hydroxylation is 1. The summed E-state index contributed by atoms with van der Waals surface area (Å²) in [6.45, 7) is 1.77. The minimum absolute atomic E-state index is 0.0677. The minimum Gasteiger partial charge on any atom is -0.440 e. The second kappa shape index (κ2) is 5.29. The zero-order valence-corrected chi connectivity index (χ0v) is 12.6. The summed E-state index contributed by atoms with van der Waals surface area (Å²) in [5.41, 5.74) is 7.11. The van der Waals surface area contributed by atoms with Gasteiger partial charge in [0.2, 0.25) is 5.88 Å². The molecule has 2 N–H and O–H groups in total. The zero-order chi connectivity index (χ0) is 16.7. The summed E-state index contributed by atoms with van der Waals surface area (Å²) in [6, 6.07) is 9.46. The van der Waals surface area contributed by atoms with Gasteiger partial charge in [-0.15, -0.1) is 0 Å². The molecule has 1 atom stereocenters. The number of allylic oxidation sites excluding steroid dienone is 1. The summed E-state index contributed by atoms with van der Waals surface area (Å²) in [5, 5.41) is 9.43. The number of halogens is 1. The molecule has 1 aliphatic rings. The quantitative estimate of drug-likeness (QED) is 0.874. The van der Waals surface area contributed by atoms with Gasteiger partial charge in [-0.05, 0) is 24.6 Å². The van der Waals surface area contributed by atoms with Crippen molar-refractivity contribution in [3.05, 3.63) is 74.8 Å². The van der Waals surface area contributed by atoms with E-state index in [0.29, 0.717) is 17.0 Å². The molecule has 1 aromatic heterocycles. The number of nitriles is 1. The van der Waals surface area contributed by atoms with Crippen LogP contribution in [0.15, 0.2) is 46.6 Å². The van der Waals surface area contributed by atoms with Crippen molar-refractivity contribution >= 4 is 0 Å². The van der Waals surface area contributed by atoms with Crippen molar-refractivity contribution in [1.82, 2.24) is 4.57 Å². The third kappa shape index (κ3) is 2.27. The highest BCUT2D eigenvalue weighted by Crippen LogP contribution is 2.40. The Bertz CT molecular complexity index is 938. The molecule has 2 aromatic rings. The first-order valence-corrected chi connectivity index (χ1v) is 6.97. The largest absolute Gasteiger partial charge is 0.440 e. The topological polar surface area (TPSA) is 81.0 Å². The predicted molar refractivity (Wildman–Crippen MR) is 82.1 cm³/mol. The number of nitrogens with two attached hydrogens (primary N) is 1. The van der Waals surface area contributed by atoms with E-state index < -0.39 is 11.7 Å². The number of fused-ring (bicyclic) bond motifs is 1. The van der Waals surface area contributed by atoms with Crippen molar-refractivity contribution in [1.29, 1.82) is 5.26 Å². The molecule has 0 spiro atoms. The average molecular weight is 311 g/mol. The van der Waals surface area contributed by atoms with Gasteiger partial charge in [0.05, 0.1) is 11.5 Å². The first-order chi connectivity index (χ1) is 10.9. The number of hydrogen-bond donors (Lipinski definition) is 1. The SMILES string of the molecule is Cc1cc2c(c(=O)n1C)[C@H](c1cccc(F)c1)C(C#N)=C(N)O2. The van der Waals surface area contributed by atoms with Crippen LogP contribution >= 0.6 is 0 Å². The van der Waals surface area contributed by atoms with Gasteiger partial charge in [0.25, 0.3) is 5.56 Å². The number of hydrogen-bond acceptors (Lipinski definition) is 4. The molecule has 0 unspecified atom stereocenters. The fourth-order valence-corrected chi connectivity index (χ4v) is 2.76. The molecule has 23 heavy (non-hydrogen) atoms. The molecule has 0 saturated carbocycles. The van der Waals surface area contributed by atoms with E-state index in [2.05, 4.69) is 0 Å². The molecule has 1 aliphatic heterocycles. The van der Waals surface area contributed by atoms with E-state index in [4.69, 9.17) is 10.5 Å². The van der Waals surface area contributed by atoms with Crippen molar-refractivity contribution in [3.63, 3.8) is 0 Å². The Labute approximate surface area is 132 Å². The van der Waals surface area contributed by atoms with Crippen LogP contribution in [0.2, 0.25) is 0 Å². The van der Waals surface area contributed by atoms with E-state index in [1.807, 2.05) is 6.07 Å². The molecule has 1 aromatic carbocycles. The van der Waals surface area contributed by atoms with Gasteiger partial charge in [-0.25, -0.2) is 4.39 Å². The van der Waals surface area contributed by atoms with Crippen molar-refractivity contribution in [3.8, 4) is 11.8 Å². The Morgan fingerprint density at radius 2 is 2.13 bits per heavy atom. The Morgan fingerprint density at radius 3 is 2.78 bits per heavy atom. The Morgan fingerprint density at radius 1 is 1.39 bits per heavy atom. The minimum atomic E-state index is -0.751. The van der Waals surface area contributed by atoms with Gasteiger partial charge >= 0.3 is 0 Å². The summed E-state index contributed by atoms with van der Waals surface area (Å²) in [7, 11) is 1.63. The molecule has 0 amide bonds. The maximum atomic E-state index is 13.6. The fraction of sp³-hybridized carbons (Fsp3) is 0.176. The van der Waals surface area contributed by atoms with E-state index in [0.717, 1.165) is 0 Å². The number of aromatic nitrogens is 1. The summed E-state index contributed by atoms with van der Waals surface area (Å²) < 4.78 is 20.6. The molecular weight excluding hydrogens is 297 g/mol. The molecular formula is C17H14FN3O2. The Hall–Kier alpha value is -3.07. The summed E-state index contributed by atoms with van der Waals surface area (Å²) in [6.07, 6.45) is 0. The smallest absolute Gasteiger partial charge is 0.258 e. The van der Waals surface area contributed by atoms with Crippen molar-refractivity contribution in [2.75, 3.05) is 0 Å². The number of rotatable bonds is 1. The van der Waals surface area contributed by atoms with Gasteiger partial charge in [-0.2, -0.15) is 5.26 Å². The van der Waals surface area contributed by atoms with Crippen LogP contribution in [0.25, 0.3) is 0 Å². The van der Waals surface area contributed by atoms with Gasteiger partial charge in [-0.1, -0.05) is 12.1 Å². The summed E-state index contributed by atoms with van der Waals surface area (Å²) in [5.74, 6) is -0.965. The highest BCUT2D eigenvalue weighted by molar-refractivity contribution is 5.55. The predicted octanol–water partition coefficient (Wildman–Crippen LogP) is 2.05.